The van der Waals surface area contributed by atoms with Crippen molar-refractivity contribution in [3.8, 4) is 11.5 Å². The summed E-state index contributed by atoms with van der Waals surface area (Å²) >= 11 is 6.32. The van der Waals surface area contributed by atoms with Gasteiger partial charge in [-0.3, -0.25) is 9.80 Å². The lowest BCUT2D eigenvalue weighted by Gasteiger charge is -2.35. The average molecular weight is 437 g/mol. The highest BCUT2D eigenvalue weighted by atomic mass is 35.5. The molecule has 0 saturated carbocycles. The van der Waals surface area contributed by atoms with Crippen LogP contribution in [0.2, 0.25) is 5.02 Å². The van der Waals surface area contributed by atoms with Gasteiger partial charge in [0, 0.05) is 44.3 Å². The van der Waals surface area contributed by atoms with Crippen molar-refractivity contribution in [3.05, 3.63) is 94.5 Å². The fourth-order valence-electron chi connectivity index (χ4n) is 3.90. The van der Waals surface area contributed by atoms with E-state index in [4.69, 9.17) is 21.1 Å². The fourth-order valence-corrected chi connectivity index (χ4v) is 4.09. The zero-order chi connectivity index (χ0) is 21.5. The van der Waals surface area contributed by atoms with Crippen molar-refractivity contribution in [2.24, 2.45) is 0 Å². The van der Waals surface area contributed by atoms with Crippen LogP contribution < -0.4 is 9.47 Å². The Morgan fingerprint density at radius 1 is 0.742 bits per heavy atom. The molecule has 5 heteroatoms. The number of piperazine rings is 1. The summed E-state index contributed by atoms with van der Waals surface area (Å²) in [6.07, 6.45) is 0. The molecule has 1 aliphatic heterocycles. The van der Waals surface area contributed by atoms with E-state index in [9.17, 15) is 0 Å². The molecule has 0 aliphatic carbocycles. The van der Waals surface area contributed by atoms with Crippen LogP contribution in [0, 0.1) is 0 Å². The molecule has 1 heterocycles. The molecule has 0 N–H and O–H groups in total. The molecule has 3 aromatic rings. The average Bonchev–Trinajstić information content (AvgIpc) is 2.81. The molecule has 31 heavy (non-hydrogen) atoms. The SMILES string of the molecule is COc1ccc(CN2CCN(Cc3ccccc3Cl)CC2)cc1OCc1ccccc1. The van der Waals surface area contributed by atoms with Crippen LogP contribution in [0.4, 0.5) is 0 Å². The minimum atomic E-state index is 0.529. The number of ether oxygens (including phenoxy) is 2. The first-order valence-electron chi connectivity index (χ1n) is 10.7. The summed E-state index contributed by atoms with van der Waals surface area (Å²) in [5.74, 6) is 1.56. The molecule has 4 nitrogen and oxygen atoms in total. The van der Waals surface area contributed by atoms with E-state index in [1.807, 2.05) is 36.4 Å². The Bertz CT molecular complexity index is 972. The third-order valence-corrected chi connectivity index (χ3v) is 6.06. The van der Waals surface area contributed by atoms with Crippen molar-refractivity contribution in [1.82, 2.24) is 9.80 Å². The van der Waals surface area contributed by atoms with Crippen LogP contribution in [0.1, 0.15) is 16.7 Å². The second kappa shape index (κ2) is 10.7. The van der Waals surface area contributed by atoms with Gasteiger partial charge < -0.3 is 9.47 Å². The quantitative estimate of drug-likeness (QED) is 0.481. The summed E-state index contributed by atoms with van der Waals surface area (Å²) in [4.78, 5) is 4.96. The van der Waals surface area contributed by atoms with Gasteiger partial charge in [0.2, 0.25) is 0 Å². The molecular weight excluding hydrogens is 408 g/mol. The van der Waals surface area contributed by atoms with Crippen LogP contribution in [0.3, 0.4) is 0 Å². The van der Waals surface area contributed by atoms with Crippen LogP contribution in [-0.4, -0.2) is 43.1 Å². The molecule has 0 atom stereocenters. The van der Waals surface area contributed by atoms with Crippen LogP contribution in [0.15, 0.2) is 72.8 Å². The van der Waals surface area contributed by atoms with Gasteiger partial charge in [-0.1, -0.05) is 66.2 Å². The highest BCUT2D eigenvalue weighted by Crippen LogP contribution is 2.29. The zero-order valence-electron chi connectivity index (χ0n) is 18.0. The minimum absolute atomic E-state index is 0.529. The molecule has 3 aromatic carbocycles. The Kier molecular flexibility index (Phi) is 7.47. The third-order valence-electron chi connectivity index (χ3n) is 5.69. The van der Waals surface area contributed by atoms with Gasteiger partial charge in [0.1, 0.15) is 6.61 Å². The lowest BCUT2D eigenvalue weighted by atomic mass is 10.1. The Balaban J connectivity index is 1.32. The van der Waals surface area contributed by atoms with E-state index in [1.165, 1.54) is 11.1 Å². The fraction of sp³-hybridized carbons (Fsp3) is 0.308. The van der Waals surface area contributed by atoms with Crippen LogP contribution in [-0.2, 0) is 19.7 Å². The molecule has 4 rings (SSSR count). The van der Waals surface area contributed by atoms with Crippen molar-refractivity contribution >= 4 is 11.6 Å². The van der Waals surface area contributed by atoms with Crippen LogP contribution in [0.5, 0.6) is 11.5 Å². The predicted octanol–water partition coefficient (Wildman–Crippen LogP) is 5.25. The molecule has 0 bridgehead atoms. The van der Waals surface area contributed by atoms with E-state index < -0.39 is 0 Å². The number of halogens is 1. The van der Waals surface area contributed by atoms with E-state index in [1.54, 1.807) is 7.11 Å². The molecule has 0 spiro atoms. The maximum absolute atomic E-state index is 6.32. The van der Waals surface area contributed by atoms with Crippen molar-refractivity contribution in [1.29, 1.82) is 0 Å². The highest BCUT2D eigenvalue weighted by Gasteiger charge is 2.18. The number of hydrogen-bond acceptors (Lipinski definition) is 4. The van der Waals surface area contributed by atoms with Gasteiger partial charge in [-0.2, -0.15) is 0 Å². The Morgan fingerprint density at radius 3 is 2.13 bits per heavy atom. The Hall–Kier alpha value is -2.53. The van der Waals surface area contributed by atoms with E-state index in [-0.39, 0.29) is 0 Å². The number of nitrogens with zero attached hydrogens (tertiary/aromatic N) is 2. The van der Waals surface area contributed by atoms with Gasteiger partial charge in [0.15, 0.2) is 11.5 Å². The summed E-state index contributed by atoms with van der Waals surface area (Å²) < 4.78 is 11.6. The van der Waals surface area contributed by atoms with Crippen molar-refractivity contribution in [3.63, 3.8) is 0 Å². The molecule has 1 fully saturated rings. The van der Waals surface area contributed by atoms with E-state index in [0.717, 1.165) is 61.4 Å². The number of hydrogen-bond donors (Lipinski definition) is 0. The largest absolute Gasteiger partial charge is 0.493 e. The van der Waals surface area contributed by atoms with Crippen LogP contribution in [0.25, 0.3) is 0 Å². The maximum Gasteiger partial charge on any atom is 0.161 e. The maximum atomic E-state index is 6.32. The van der Waals surface area contributed by atoms with Gasteiger partial charge in [0.25, 0.3) is 0 Å². The summed E-state index contributed by atoms with van der Waals surface area (Å²) in [5.41, 5.74) is 3.58. The van der Waals surface area contributed by atoms with E-state index in [0.29, 0.717) is 6.61 Å². The van der Waals surface area contributed by atoms with Gasteiger partial charge >= 0.3 is 0 Å². The van der Waals surface area contributed by atoms with Crippen molar-refractivity contribution < 1.29 is 9.47 Å². The van der Waals surface area contributed by atoms with Gasteiger partial charge in [-0.15, -0.1) is 0 Å². The standard InChI is InChI=1S/C26H29ClN2O2/c1-30-25-12-11-22(17-26(25)31-20-21-7-3-2-4-8-21)18-28-13-15-29(16-14-28)19-23-9-5-6-10-24(23)27/h2-12,17H,13-16,18-20H2,1H3. The second-order valence-corrected chi connectivity index (χ2v) is 8.31. The Morgan fingerprint density at radius 2 is 1.42 bits per heavy atom. The monoisotopic (exact) mass is 436 g/mol. The molecule has 0 radical (unpaired) electrons. The first kappa shape index (κ1) is 21.7. The molecule has 0 amide bonds. The summed E-state index contributed by atoms with van der Waals surface area (Å²) in [7, 11) is 1.68. The first-order chi connectivity index (χ1) is 15.2. The Labute approximate surface area is 190 Å². The number of rotatable bonds is 8. The molecule has 1 saturated heterocycles. The predicted molar refractivity (Wildman–Crippen MR) is 126 cm³/mol. The van der Waals surface area contributed by atoms with Gasteiger partial charge in [-0.25, -0.2) is 0 Å². The molecule has 0 unspecified atom stereocenters. The number of benzene rings is 3. The topological polar surface area (TPSA) is 24.9 Å². The number of methoxy groups -OCH3 is 1. The molecule has 162 valence electrons. The summed E-state index contributed by atoms with van der Waals surface area (Å²) in [6.45, 7) is 6.51. The summed E-state index contributed by atoms with van der Waals surface area (Å²) in [5, 5.41) is 0.853. The van der Waals surface area contributed by atoms with Crippen LogP contribution >= 0.6 is 11.6 Å². The lowest BCUT2D eigenvalue weighted by Crippen LogP contribution is -2.45. The molecule has 1 aliphatic rings. The highest BCUT2D eigenvalue weighted by molar-refractivity contribution is 6.31. The van der Waals surface area contributed by atoms with Crippen molar-refractivity contribution in [2.75, 3.05) is 33.3 Å². The summed E-state index contributed by atoms with van der Waals surface area (Å²) in [6, 6.07) is 24.6. The first-order valence-corrected chi connectivity index (χ1v) is 11.1. The van der Waals surface area contributed by atoms with E-state index in [2.05, 4.69) is 46.2 Å². The normalized spacial score (nSPS) is 15.0. The lowest BCUT2D eigenvalue weighted by molar-refractivity contribution is 0.122. The smallest absolute Gasteiger partial charge is 0.161 e. The van der Waals surface area contributed by atoms with Gasteiger partial charge in [0.05, 0.1) is 7.11 Å². The minimum Gasteiger partial charge on any atom is -0.493 e. The molecule has 0 aromatic heterocycles. The second-order valence-electron chi connectivity index (χ2n) is 7.90. The zero-order valence-corrected chi connectivity index (χ0v) is 18.7. The van der Waals surface area contributed by atoms with Crippen molar-refractivity contribution in [2.45, 2.75) is 19.7 Å². The van der Waals surface area contributed by atoms with Gasteiger partial charge in [-0.05, 0) is 34.9 Å². The third kappa shape index (κ3) is 6.01. The molecular formula is C26H29ClN2O2. The van der Waals surface area contributed by atoms with E-state index >= 15 is 0 Å².